The molecule has 1 aliphatic carbocycles. The Kier molecular flexibility index (Phi) is 10.8. The van der Waals surface area contributed by atoms with Crippen LogP contribution in [0.25, 0.3) is 10.9 Å². The molecule has 13 heteroatoms. The molecule has 1 aliphatic rings. The van der Waals surface area contributed by atoms with Gasteiger partial charge in [0, 0.05) is 42.9 Å². The Morgan fingerprint density at radius 3 is 2.47 bits per heavy atom. The zero-order chi connectivity index (χ0) is 31.0. The quantitative estimate of drug-likeness (QED) is 0.171. The van der Waals surface area contributed by atoms with Crippen LogP contribution in [0.15, 0.2) is 47.4 Å². The summed E-state index contributed by atoms with van der Waals surface area (Å²) < 4.78 is 75.6. The van der Waals surface area contributed by atoms with Gasteiger partial charge < -0.3 is 30.0 Å². The summed E-state index contributed by atoms with van der Waals surface area (Å²) in [6.07, 6.45) is 0.500. The van der Waals surface area contributed by atoms with Gasteiger partial charge >= 0.3 is 6.18 Å². The number of benzene rings is 2. The Morgan fingerprint density at radius 2 is 1.79 bits per heavy atom. The predicted molar refractivity (Wildman–Crippen MR) is 162 cm³/mol. The Labute approximate surface area is 250 Å². The highest BCUT2D eigenvalue weighted by Crippen LogP contribution is 2.32. The van der Waals surface area contributed by atoms with Crippen LogP contribution in [0.1, 0.15) is 37.8 Å². The second-order valence-corrected chi connectivity index (χ2v) is 12.1. The smallest absolute Gasteiger partial charge is 0.406 e. The molecule has 1 saturated carbocycles. The van der Waals surface area contributed by atoms with Crippen LogP contribution in [0.5, 0.6) is 5.75 Å². The van der Waals surface area contributed by atoms with Crippen molar-refractivity contribution in [3.05, 3.63) is 48.2 Å². The number of nitrogens with two attached hydrogens (primary N) is 1. The summed E-state index contributed by atoms with van der Waals surface area (Å²) in [5, 5.41) is 16.0. The highest BCUT2D eigenvalue weighted by Gasteiger charge is 2.30. The number of nitrogens with one attached hydrogen (secondary N) is 3. The van der Waals surface area contributed by atoms with E-state index in [1.165, 1.54) is 29.9 Å². The number of halogens is 3. The molecule has 9 nitrogen and oxygen atoms in total. The van der Waals surface area contributed by atoms with Crippen molar-refractivity contribution in [3.8, 4) is 17.6 Å². The number of fused-ring (bicyclic) bond motifs is 1. The maximum absolute atomic E-state index is 13.6. The number of aromatic nitrogens is 1. The van der Waals surface area contributed by atoms with Crippen LogP contribution >= 0.6 is 0 Å². The fraction of sp³-hybridized carbons (Fsp3) is 0.467. The Hall–Kier alpha value is -3.44. The highest BCUT2D eigenvalue weighted by molar-refractivity contribution is 7.89. The van der Waals surface area contributed by atoms with Gasteiger partial charge in [0.25, 0.3) is 0 Å². The molecule has 3 aromatic rings. The summed E-state index contributed by atoms with van der Waals surface area (Å²) in [4.78, 5) is -0.107. The first-order chi connectivity index (χ1) is 20.5. The van der Waals surface area contributed by atoms with E-state index in [1.807, 2.05) is 6.07 Å². The second kappa shape index (κ2) is 14.4. The van der Waals surface area contributed by atoms with Gasteiger partial charge in [0.05, 0.1) is 35.4 Å². The lowest BCUT2D eigenvalue weighted by Gasteiger charge is -2.30. The van der Waals surface area contributed by atoms with E-state index in [-0.39, 0.29) is 28.9 Å². The molecule has 43 heavy (non-hydrogen) atoms. The summed E-state index contributed by atoms with van der Waals surface area (Å²) in [7, 11) is -0.830. The van der Waals surface area contributed by atoms with Gasteiger partial charge in [0.15, 0.2) is 0 Å². The number of primary sulfonamides is 1. The molecule has 0 bridgehead atoms. The summed E-state index contributed by atoms with van der Waals surface area (Å²) in [6, 6.07) is 11.8. The van der Waals surface area contributed by atoms with Crippen molar-refractivity contribution in [3.63, 3.8) is 0 Å². The van der Waals surface area contributed by atoms with Crippen molar-refractivity contribution in [2.75, 3.05) is 44.5 Å². The van der Waals surface area contributed by atoms with Gasteiger partial charge in [-0.15, -0.1) is 0 Å². The topological polar surface area (TPSA) is 120 Å². The minimum atomic E-state index is -4.43. The molecule has 4 rings (SSSR count). The van der Waals surface area contributed by atoms with Crippen molar-refractivity contribution in [2.24, 2.45) is 5.14 Å². The molecule has 5 N–H and O–H groups in total. The molecule has 0 atom stereocenters. The van der Waals surface area contributed by atoms with E-state index >= 15 is 0 Å². The zero-order valence-corrected chi connectivity index (χ0v) is 25.1. The van der Waals surface area contributed by atoms with Gasteiger partial charge in [0.2, 0.25) is 10.0 Å². The van der Waals surface area contributed by atoms with Crippen molar-refractivity contribution in [2.45, 2.75) is 61.8 Å². The van der Waals surface area contributed by atoms with E-state index in [2.05, 4.69) is 27.8 Å². The molecule has 0 spiro atoms. The monoisotopic (exact) mass is 621 g/mol. The van der Waals surface area contributed by atoms with E-state index in [1.54, 1.807) is 25.3 Å². The average molecular weight is 622 g/mol. The molecular weight excluding hydrogens is 583 g/mol. The average Bonchev–Trinajstić information content (AvgIpc) is 3.30. The summed E-state index contributed by atoms with van der Waals surface area (Å²) in [5.74, 6) is 6.01. The Morgan fingerprint density at radius 1 is 1.05 bits per heavy atom. The number of rotatable bonds is 12. The number of alkyl halides is 3. The molecule has 2 aromatic carbocycles. The number of sulfonamides is 1. The van der Waals surface area contributed by atoms with Crippen LogP contribution in [-0.4, -0.2) is 65.2 Å². The lowest BCUT2D eigenvalue weighted by Crippen LogP contribution is -2.37. The van der Waals surface area contributed by atoms with Crippen LogP contribution < -0.4 is 25.8 Å². The molecule has 234 valence electrons. The fourth-order valence-electron chi connectivity index (χ4n) is 5.32. The number of anilines is 2. The summed E-state index contributed by atoms with van der Waals surface area (Å²) >= 11 is 0. The third-order valence-corrected chi connectivity index (χ3v) is 8.32. The van der Waals surface area contributed by atoms with Gasteiger partial charge in [-0.05, 0) is 74.9 Å². The first-order valence-electron chi connectivity index (χ1n) is 14.1. The number of nitrogens with zero attached hydrogens (tertiary/aromatic N) is 1. The standard InChI is InChI=1S/C30H38F3N5O4S/c1-41-17-5-16-35-21-9-11-22(12-10-21)37-26-7-3-8-28-25(26)18-23(38(28)20-30(31,32)33)6-4-15-36-27-14-13-24(43(34,39)40)19-29(27)42-2/h3,7-8,13-14,18-19,21-22,35-37H,5,9-12,15-17,20H2,1-2H3,(H2,34,39,40). The van der Waals surface area contributed by atoms with E-state index in [9.17, 15) is 21.6 Å². The van der Waals surface area contributed by atoms with Crippen LogP contribution in [-0.2, 0) is 21.3 Å². The summed E-state index contributed by atoms with van der Waals surface area (Å²) in [5.41, 5.74) is 1.94. The first-order valence-corrected chi connectivity index (χ1v) is 15.6. The largest absolute Gasteiger partial charge is 0.495 e. The van der Waals surface area contributed by atoms with Gasteiger partial charge in [-0.1, -0.05) is 12.0 Å². The predicted octanol–water partition coefficient (Wildman–Crippen LogP) is 4.67. The fourth-order valence-corrected chi connectivity index (χ4v) is 5.85. The van der Waals surface area contributed by atoms with Gasteiger partial charge in [-0.3, -0.25) is 0 Å². The van der Waals surface area contributed by atoms with E-state index < -0.39 is 22.7 Å². The van der Waals surface area contributed by atoms with Gasteiger partial charge in [0.1, 0.15) is 12.3 Å². The van der Waals surface area contributed by atoms with Crippen LogP contribution in [0, 0.1) is 11.8 Å². The lowest BCUT2D eigenvalue weighted by molar-refractivity contribution is -0.140. The molecule has 0 radical (unpaired) electrons. The summed E-state index contributed by atoms with van der Waals surface area (Å²) in [6.45, 7) is 0.559. The van der Waals surface area contributed by atoms with Crippen molar-refractivity contribution in [1.82, 2.24) is 9.88 Å². The third-order valence-electron chi connectivity index (χ3n) is 7.41. The van der Waals surface area contributed by atoms with Crippen LogP contribution in [0.3, 0.4) is 0 Å². The number of hydrogen-bond acceptors (Lipinski definition) is 7. The SMILES string of the molecule is COCCCNC1CCC(Nc2cccc3c2cc(C#CCNc2ccc(S(N)(=O)=O)cc2OC)n3CC(F)(F)F)CC1. The van der Waals surface area contributed by atoms with Crippen molar-refractivity contribution < 1.29 is 31.1 Å². The molecule has 0 amide bonds. The number of hydrogen-bond donors (Lipinski definition) is 4. The maximum atomic E-state index is 13.6. The van der Waals surface area contributed by atoms with Crippen LogP contribution in [0.4, 0.5) is 24.5 Å². The van der Waals surface area contributed by atoms with Crippen molar-refractivity contribution in [1.29, 1.82) is 0 Å². The molecule has 0 aliphatic heterocycles. The molecule has 0 saturated heterocycles. The lowest BCUT2D eigenvalue weighted by atomic mass is 9.91. The minimum absolute atomic E-state index is 0.0759. The van der Waals surface area contributed by atoms with Crippen LogP contribution in [0.2, 0.25) is 0 Å². The second-order valence-electron chi connectivity index (χ2n) is 10.5. The zero-order valence-electron chi connectivity index (χ0n) is 24.3. The Bertz CT molecular complexity index is 1560. The Balaban J connectivity index is 1.49. The van der Waals surface area contributed by atoms with E-state index in [4.69, 9.17) is 14.6 Å². The first kappa shape index (κ1) is 32.5. The van der Waals surface area contributed by atoms with E-state index in [0.29, 0.717) is 22.6 Å². The number of methoxy groups -OCH3 is 2. The van der Waals surface area contributed by atoms with Crippen molar-refractivity contribution >= 4 is 32.3 Å². The molecular formula is C30H38F3N5O4S. The van der Waals surface area contributed by atoms with E-state index in [0.717, 1.165) is 50.9 Å². The maximum Gasteiger partial charge on any atom is 0.406 e. The minimum Gasteiger partial charge on any atom is -0.495 e. The molecule has 1 fully saturated rings. The number of ether oxygens (including phenoxy) is 2. The highest BCUT2D eigenvalue weighted by atomic mass is 32.2. The molecule has 0 unspecified atom stereocenters. The third kappa shape index (κ3) is 9.03. The molecule has 1 heterocycles. The normalized spacial score (nSPS) is 17.3. The van der Waals surface area contributed by atoms with Gasteiger partial charge in [-0.2, -0.15) is 13.2 Å². The molecule has 1 aromatic heterocycles. The van der Waals surface area contributed by atoms with Gasteiger partial charge in [-0.25, -0.2) is 13.6 Å².